The van der Waals surface area contributed by atoms with E-state index in [9.17, 15) is 14.4 Å². The molecule has 1 aliphatic heterocycles. The zero-order valence-corrected chi connectivity index (χ0v) is 16.9. The van der Waals surface area contributed by atoms with Crippen LogP contribution in [-0.4, -0.2) is 17.3 Å². The highest BCUT2D eigenvalue weighted by atomic mass is 35.5. The van der Waals surface area contributed by atoms with Crippen LogP contribution in [0.5, 0.6) is 0 Å². The fourth-order valence-corrected chi connectivity index (χ4v) is 5.04. The minimum Gasteiger partial charge on any atom is -0.351 e. The van der Waals surface area contributed by atoms with Crippen molar-refractivity contribution < 1.29 is 14.4 Å². The first-order valence-electron chi connectivity index (χ1n) is 9.90. The maximum absolute atomic E-state index is 13.6. The summed E-state index contributed by atoms with van der Waals surface area (Å²) >= 11 is 6.55. The Morgan fingerprint density at radius 1 is 0.581 bits per heavy atom. The van der Waals surface area contributed by atoms with Crippen LogP contribution >= 0.6 is 11.6 Å². The summed E-state index contributed by atoms with van der Waals surface area (Å²) in [6.07, 6.45) is 0. The Morgan fingerprint density at radius 3 is 1.71 bits per heavy atom. The van der Waals surface area contributed by atoms with E-state index in [1.165, 1.54) is 0 Å². The van der Waals surface area contributed by atoms with Crippen molar-refractivity contribution in [1.29, 1.82) is 0 Å². The van der Waals surface area contributed by atoms with Crippen molar-refractivity contribution in [3.05, 3.63) is 122 Å². The molecule has 2 aliphatic carbocycles. The van der Waals surface area contributed by atoms with Crippen molar-refractivity contribution >= 4 is 34.6 Å². The SMILES string of the molecule is O=C1C2=C(C(=O)c3ccccc31)C(c1ccccc1Cl)C1=C(N2)c2ccccc2C1=O. The summed E-state index contributed by atoms with van der Waals surface area (Å²) in [5, 5.41) is 3.61. The second-order valence-corrected chi connectivity index (χ2v) is 8.14. The molecule has 31 heavy (non-hydrogen) atoms. The molecular weight excluding hydrogens is 410 g/mol. The Bertz CT molecular complexity index is 1430. The fraction of sp³-hybridized carbons (Fsp3) is 0.0385. The van der Waals surface area contributed by atoms with E-state index < -0.39 is 5.92 Å². The topological polar surface area (TPSA) is 63.2 Å². The Hall–Kier alpha value is -3.76. The quantitative estimate of drug-likeness (QED) is 0.600. The zero-order valence-electron chi connectivity index (χ0n) is 16.1. The molecule has 3 aliphatic rings. The maximum atomic E-state index is 13.6. The minimum atomic E-state index is -0.732. The summed E-state index contributed by atoms with van der Waals surface area (Å²) in [4.78, 5) is 40.5. The van der Waals surface area contributed by atoms with Crippen LogP contribution in [0, 0.1) is 0 Å². The summed E-state index contributed by atoms with van der Waals surface area (Å²) in [6, 6.07) is 21.2. The Labute approximate surface area is 182 Å². The van der Waals surface area contributed by atoms with Crippen LogP contribution in [-0.2, 0) is 0 Å². The second-order valence-electron chi connectivity index (χ2n) is 7.74. The number of nitrogens with one attached hydrogen (secondary N) is 1. The second kappa shape index (κ2) is 6.37. The predicted octanol–water partition coefficient (Wildman–Crippen LogP) is 4.97. The molecule has 1 heterocycles. The van der Waals surface area contributed by atoms with Crippen LogP contribution in [0.1, 0.15) is 48.1 Å². The standard InChI is InChI=1S/C26H14ClNO3/c27-18-12-6-5-11-17(18)19-20-22(13-7-1-2-8-14(13)24(20)29)28-23-21(19)25(30)15-9-3-4-10-16(15)26(23)31/h1-12,19,28H. The summed E-state index contributed by atoms with van der Waals surface area (Å²) in [5.41, 5.74) is 4.13. The number of Topliss-reactive ketones (excluding diaryl/α,β-unsaturated/α-hetero) is 3. The summed E-state index contributed by atoms with van der Waals surface area (Å²) in [7, 11) is 0. The lowest BCUT2D eigenvalue weighted by Gasteiger charge is -2.33. The van der Waals surface area contributed by atoms with Gasteiger partial charge in [0, 0.05) is 44.3 Å². The number of halogens is 1. The van der Waals surface area contributed by atoms with E-state index >= 15 is 0 Å². The average Bonchev–Trinajstić information content (AvgIpc) is 3.09. The average molecular weight is 424 g/mol. The molecule has 0 aromatic heterocycles. The van der Waals surface area contributed by atoms with Gasteiger partial charge >= 0.3 is 0 Å². The maximum Gasteiger partial charge on any atom is 0.210 e. The van der Waals surface area contributed by atoms with Crippen LogP contribution in [0.15, 0.2) is 89.6 Å². The molecule has 4 nitrogen and oxygen atoms in total. The first-order valence-corrected chi connectivity index (χ1v) is 10.3. The highest BCUT2D eigenvalue weighted by Gasteiger charge is 2.47. The smallest absolute Gasteiger partial charge is 0.210 e. The van der Waals surface area contributed by atoms with Gasteiger partial charge in [-0.1, -0.05) is 78.3 Å². The van der Waals surface area contributed by atoms with E-state index in [2.05, 4.69) is 5.32 Å². The molecule has 1 N–H and O–H groups in total. The number of fused-ring (bicyclic) bond motifs is 3. The predicted molar refractivity (Wildman–Crippen MR) is 117 cm³/mol. The van der Waals surface area contributed by atoms with Crippen molar-refractivity contribution in [2.45, 2.75) is 5.92 Å². The van der Waals surface area contributed by atoms with Crippen molar-refractivity contribution in [2.75, 3.05) is 0 Å². The molecule has 0 bridgehead atoms. The first-order chi connectivity index (χ1) is 15.1. The van der Waals surface area contributed by atoms with Gasteiger partial charge in [0.05, 0.1) is 11.4 Å². The number of dihydropyridines is 1. The van der Waals surface area contributed by atoms with Crippen molar-refractivity contribution in [3.8, 4) is 0 Å². The van der Waals surface area contributed by atoms with E-state index in [0.29, 0.717) is 38.5 Å². The van der Waals surface area contributed by atoms with Crippen molar-refractivity contribution in [1.82, 2.24) is 5.32 Å². The normalized spacial score (nSPS) is 19.0. The molecule has 0 spiro atoms. The van der Waals surface area contributed by atoms with E-state index in [1.54, 1.807) is 48.5 Å². The number of ketones is 3. The zero-order chi connectivity index (χ0) is 21.3. The van der Waals surface area contributed by atoms with Gasteiger partial charge in [-0.25, -0.2) is 0 Å². The molecule has 0 saturated heterocycles. The molecule has 0 amide bonds. The minimum absolute atomic E-state index is 0.159. The molecule has 1 unspecified atom stereocenters. The molecule has 3 aromatic carbocycles. The number of carbonyl (C=O) groups excluding carboxylic acids is 3. The van der Waals surface area contributed by atoms with Gasteiger partial charge in [0.15, 0.2) is 11.6 Å². The van der Waals surface area contributed by atoms with Crippen LogP contribution in [0.2, 0.25) is 5.02 Å². The summed E-state index contributed by atoms with van der Waals surface area (Å²) < 4.78 is 0. The number of carbonyl (C=O) groups is 3. The number of benzene rings is 3. The van der Waals surface area contributed by atoms with Gasteiger partial charge in [0.1, 0.15) is 0 Å². The van der Waals surface area contributed by atoms with E-state index in [-0.39, 0.29) is 28.6 Å². The monoisotopic (exact) mass is 423 g/mol. The van der Waals surface area contributed by atoms with Crippen molar-refractivity contribution in [2.24, 2.45) is 0 Å². The fourth-order valence-electron chi connectivity index (χ4n) is 4.80. The lowest BCUT2D eigenvalue weighted by Crippen LogP contribution is -2.36. The van der Waals surface area contributed by atoms with Gasteiger partial charge in [0.2, 0.25) is 5.78 Å². The largest absolute Gasteiger partial charge is 0.351 e. The van der Waals surface area contributed by atoms with Gasteiger partial charge in [-0.2, -0.15) is 0 Å². The first kappa shape index (κ1) is 18.0. The Morgan fingerprint density at radius 2 is 1.06 bits per heavy atom. The van der Waals surface area contributed by atoms with Gasteiger partial charge in [0.25, 0.3) is 0 Å². The van der Waals surface area contributed by atoms with Crippen LogP contribution < -0.4 is 5.32 Å². The van der Waals surface area contributed by atoms with Gasteiger partial charge in [-0.05, 0) is 11.6 Å². The molecular formula is C26H14ClNO3. The highest BCUT2D eigenvalue weighted by Crippen LogP contribution is 2.50. The third-order valence-electron chi connectivity index (χ3n) is 6.16. The molecule has 0 saturated carbocycles. The number of allylic oxidation sites excluding steroid dienone is 3. The number of rotatable bonds is 1. The summed E-state index contributed by atoms with van der Waals surface area (Å²) in [5.74, 6) is -1.41. The van der Waals surface area contributed by atoms with Crippen LogP contribution in [0.4, 0.5) is 0 Å². The molecule has 5 heteroatoms. The van der Waals surface area contributed by atoms with E-state index in [4.69, 9.17) is 11.6 Å². The third-order valence-corrected chi connectivity index (χ3v) is 6.50. The Kier molecular flexibility index (Phi) is 3.71. The van der Waals surface area contributed by atoms with Gasteiger partial charge in [-0.3, -0.25) is 14.4 Å². The molecule has 0 radical (unpaired) electrons. The number of hydrogen-bond acceptors (Lipinski definition) is 4. The highest BCUT2D eigenvalue weighted by molar-refractivity contribution is 6.34. The van der Waals surface area contributed by atoms with Crippen molar-refractivity contribution in [3.63, 3.8) is 0 Å². The van der Waals surface area contributed by atoms with Gasteiger partial charge in [-0.15, -0.1) is 0 Å². The molecule has 6 rings (SSSR count). The van der Waals surface area contributed by atoms with E-state index in [0.717, 1.165) is 5.56 Å². The molecule has 3 aromatic rings. The summed E-state index contributed by atoms with van der Waals surface area (Å²) in [6.45, 7) is 0. The molecule has 1 atom stereocenters. The lowest BCUT2D eigenvalue weighted by atomic mass is 9.73. The Balaban J connectivity index is 1.66. The van der Waals surface area contributed by atoms with E-state index in [1.807, 2.05) is 24.3 Å². The van der Waals surface area contributed by atoms with Gasteiger partial charge < -0.3 is 5.32 Å². The third kappa shape index (κ3) is 2.34. The lowest BCUT2D eigenvalue weighted by molar-refractivity contribution is 0.0961. The number of hydrogen-bond donors (Lipinski definition) is 1. The molecule has 0 fully saturated rings. The van der Waals surface area contributed by atoms with Crippen LogP contribution in [0.25, 0.3) is 5.70 Å². The molecule has 148 valence electrons. The van der Waals surface area contributed by atoms with Crippen LogP contribution in [0.3, 0.4) is 0 Å².